The van der Waals surface area contributed by atoms with E-state index in [4.69, 9.17) is 0 Å². The number of imide groups is 1. The summed E-state index contributed by atoms with van der Waals surface area (Å²) in [6.45, 7) is 7.49. The highest BCUT2D eigenvalue weighted by Crippen LogP contribution is 2.55. The number of carbonyl (C=O) groups is 2. The lowest BCUT2D eigenvalue weighted by atomic mass is 9.70. The molecule has 1 fully saturated rings. The van der Waals surface area contributed by atoms with Crippen molar-refractivity contribution in [1.29, 1.82) is 0 Å². The molecule has 3 rings (SSSR count). The summed E-state index contributed by atoms with van der Waals surface area (Å²) in [6, 6.07) is 19.7. The Bertz CT molecular complexity index is 703. The van der Waals surface area contributed by atoms with Crippen LogP contribution < -0.4 is 10.6 Å². The van der Waals surface area contributed by atoms with Crippen LogP contribution in [0.2, 0.25) is 0 Å². The molecular weight excluding hydrogens is 317 g/mol. The van der Waals surface area contributed by atoms with Gasteiger partial charge in [0.15, 0.2) is 0 Å². The minimum atomic E-state index is -1.21. The van der Waals surface area contributed by atoms with Crippen LogP contribution >= 0.6 is 8.07 Å². The van der Waals surface area contributed by atoms with Crippen molar-refractivity contribution in [2.75, 3.05) is 0 Å². The van der Waals surface area contributed by atoms with E-state index < -0.39 is 18.9 Å². The second-order valence-corrected chi connectivity index (χ2v) is 9.21. The van der Waals surface area contributed by atoms with Gasteiger partial charge in [0, 0.05) is 10.6 Å². The lowest BCUT2D eigenvalue weighted by Gasteiger charge is -2.28. The molecule has 0 aromatic heterocycles. The number of nitrogens with zero attached hydrogens (tertiary/aromatic N) is 1. The Hall–Kier alpha value is -1.99. The molecule has 1 aliphatic heterocycles. The van der Waals surface area contributed by atoms with E-state index in [0.717, 1.165) is 10.6 Å². The molecule has 0 unspecified atom stereocenters. The van der Waals surface area contributed by atoms with Gasteiger partial charge in [0.2, 0.25) is 11.8 Å². The predicted octanol–water partition coefficient (Wildman–Crippen LogP) is 3.46. The molecule has 1 aliphatic rings. The van der Waals surface area contributed by atoms with Gasteiger partial charge in [-0.2, -0.15) is 0 Å². The van der Waals surface area contributed by atoms with Gasteiger partial charge < -0.3 is 0 Å². The molecule has 0 spiro atoms. The standard InChI is InChI=1S/C20H22NO2P/c1-19(2)17(22)21(18(23)20(19,3)4)24(15-11-7-5-8-12-15)16-13-9-6-10-14-16/h5-14H,1-4H3. The van der Waals surface area contributed by atoms with Crippen LogP contribution in [0.4, 0.5) is 0 Å². The van der Waals surface area contributed by atoms with Crippen LogP contribution in [0.15, 0.2) is 60.7 Å². The van der Waals surface area contributed by atoms with Crippen LogP contribution in [0.1, 0.15) is 27.7 Å². The number of hydrogen-bond acceptors (Lipinski definition) is 2. The van der Waals surface area contributed by atoms with Gasteiger partial charge >= 0.3 is 0 Å². The van der Waals surface area contributed by atoms with Crippen LogP contribution in [0.3, 0.4) is 0 Å². The monoisotopic (exact) mass is 339 g/mol. The third-order valence-corrected chi connectivity index (χ3v) is 7.56. The Morgan fingerprint density at radius 1 is 0.667 bits per heavy atom. The highest BCUT2D eigenvalue weighted by atomic mass is 31.1. The first kappa shape index (κ1) is 16.9. The Balaban J connectivity index is 2.18. The van der Waals surface area contributed by atoms with Gasteiger partial charge in [0.1, 0.15) is 0 Å². The van der Waals surface area contributed by atoms with E-state index >= 15 is 0 Å². The molecule has 0 radical (unpaired) electrons. The molecule has 2 amide bonds. The van der Waals surface area contributed by atoms with E-state index in [1.54, 1.807) is 0 Å². The summed E-state index contributed by atoms with van der Waals surface area (Å²) in [4.78, 5) is 26.3. The zero-order valence-electron chi connectivity index (χ0n) is 14.5. The van der Waals surface area contributed by atoms with Crippen LogP contribution in [0.5, 0.6) is 0 Å². The fourth-order valence-electron chi connectivity index (χ4n) is 2.86. The maximum Gasteiger partial charge on any atom is 0.239 e. The fraction of sp³-hybridized carbons (Fsp3) is 0.300. The number of amides is 2. The first-order chi connectivity index (χ1) is 11.3. The predicted molar refractivity (Wildman–Crippen MR) is 98.5 cm³/mol. The lowest BCUT2D eigenvalue weighted by molar-refractivity contribution is -0.135. The highest BCUT2D eigenvalue weighted by Gasteiger charge is 2.61. The summed E-state index contributed by atoms with van der Waals surface area (Å²) in [5.74, 6) is -0.173. The molecule has 24 heavy (non-hydrogen) atoms. The van der Waals surface area contributed by atoms with E-state index in [9.17, 15) is 9.59 Å². The van der Waals surface area contributed by atoms with Crippen molar-refractivity contribution < 1.29 is 9.59 Å². The molecule has 3 nitrogen and oxygen atoms in total. The summed E-state index contributed by atoms with van der Waals surface area (Å²) >= 11 is 0. The van der Waals surface area contributed by atoms with Gasteiger partial charge in [-0.25, -0.2) is 0 Å². The minimum absolute atomic E-state index is 0.0867. The zero-order valence-corrected chi connectivity index (χ0v) is 15.4. The van der Waals surface area contributed by atoms with Crippen LogP contribution in [0.25, 0.3) is 0 Å². The van der Waals surface area contributed by atoms with Crippen molar-refractivity contribution in [2.45, 2.75) is 27.7 Å². The molecule has 1 heterocycles. The van der Waals surface area contributed by atoms with Gasteiger partial charge in [-0.1, -0.05) is 60.7 Å². The maximum atomic E-state index is 13.2. The first-order valence-electron chi connectivity index (χ1n) is 8.07. The molecule has 2 aromatic carbocycles. The van der Waals surface area contributed by atoms with Crippen molar-refractivity contribution in [1.82, 2.24) is 4.67 Å². The second kappa shape index (κ2) is 5.82. The quantitative estimate of drug-likeness (QED) is 0.634. The smallest absolute Gasteiger partial charge is 0.239 e. The van der Waals surface area contributed by atoms with Crippen LogP contribution in [-0.2, 0) is 9.59 Å². The van der Waals surface area contributed by atoms with Crippen LogP contribution in [-0.4, -0.2) is 16.5 Å². The molecule has 0 atom stereocenters. The normalized spacial score (nSPS) is 19.1. The largest absolute Gasteiger partial charge is 0.273 e. The summed E-state index contributed by atoms with van der Waals surface area (Å²) in [5, 5.41) is 2.02. The van der Waals surface area contributed by atoms with Crippen molar-refractivity contribution in [3.05, 3.63) is 60.7 Å². The van der Waals surface area contributed by atoms with Crippen molar-refractivity contribution >= 4 is 30.5 Å². The highest BCUT2D eigenvalue weighted by molar-refractivity contribution is 7.72. The minimum Gasteiger partial charge on any atom is -0.273 e. The topological polar surface area (TPSA) is 37.4 Å². The Kier molecular flexibility index (Phi) is 4.09. The summed E-state index contributed by atoms with van der Waals surface area (Å²) in [5.41, 5.74) is -1.43. The van der Waals surface area contributed by atoms with E-state index in [2.05, 4.69) is 0 Å². The third kappa shape index (κ3) is 2.39. The molecule has 0 N–H and O–H groups in total. The second-order valence-electron chi connectivity index (χ2n) is 7.16. The van der Waals surface area contributed by atoms with Gasteiger partial charge in [-0.05, 0) is 27.7 Å². The summed E-state index contributed by atoms with van der Waals surface area (Å²) < 4.78 is 1.53. The molecule has 2 aromatic rings. The van der Waals surface area contributed by atoms with Gasteiger partial charge in [0.05, 0.1) is 18.9 Å². The number of hydrogen-bond donors (Lipinski definition) is 0. The van der Waals surface area contributed by atoms with E-state index in [1.165, 1.54) is 4.67 Å². The van der Waals surface area contributed by atoms with Crippen molar-refractivity contribution in [3.8, 4) is 0 Å². The van der Waals surface area contributed by atoms with Crippen molar-refractivity contribution in [3.63, 3.8) is 0 Å². The van der Waals surface area contributed by atoms with E-state index in [1.807, 2.05) is 88.4 Å². The average Bonchev–Trinajstić information content (AvgIpc) is 2.69. The maximum absolute atomic E-state index is 13.2. The zero-order chi connectivity index (χ0) is 17.5. The molecule has 0 aliphatic carbocycles. The van der Waals surface area contributed by atoms with E-state index in [0.29, 0.717) is 0 Å². The molecule has 1 saturated heterocycles. The molecular formula is C20H22NO2P. The Labute approximate surface area is 144 Å². The molecule has 124 valence electrons. The number of benzene rings is 2. The van der Waals surface area contributed by atoms with Gasteiger partial charge in [-0.15, -0.1) is 0 Å². The Morgan fingerprint density at radius 2 is 1.00 bits per heavy atom. The van der Waals surface area contributed by atoms with Crippen molar-refractivity contribution in [2.24, 2.45) is 10.8 Å². The number of carbonyl (C=O) groups excluding carboxylic acids is 2. The first-order valence-corrected chi connectivity index (χ1v) is 9.37. The summed E-state index contributed by atoms with van der Waals surface area (Å²) in [7, 11) is -1.21. The van der Waals surface area contributed by atoms with E-state index in [-0.39, 0.29) is 11.8 Å². The number of rotatable bonds is 3. The SMILES string of the molecule is CC1(C)C(=O)N(P(c2ccccc2)c2ccccc2)C(=O)C1(C)C. The van der Waals surface area contributed by atoms with Gasteiger partial charge in [-0.3, -0.25) is 14.3 Å². The van der Waals surface area contributed by atoms with Gasteiger partial charge in [0.25, 0.3) is 0 Å². The average molecular weight is 339 g/mol. The lowest BCUT2D eigenvalue weighted by Crippen LogP contribution is -2.35. The molecule has 0 bridgehead atoms. The third-order valence-electron chi connectivity index (χ3n) is 5.22. The summed E-state index contributed by atoms with van der Waals surface area (Å²) in [6.07, 6.45) is 0. The molecule has 4 heteroatoms. The Morgan fingerprint density at radius 3 is 1.33 bits per heavy atom. The fourth-order valence-corrected chi connectivity index (χ4v) is 5.39. The van der Waals surface area contributed by atoms with Crippen LogP contribution in [0, 0.1) is 10.8 Å². The molecule has 0 saturated carbocycles.